The molecule has 0 radical (unpaired) electrons. The summed E-state index contributed by atoms with van der Waals surface area (Å²) in [5, 5.41) is 10.9. The molecule has 0 atom stereocenters. The number of anilines is 2. The van der Waals surface area contributed by atoms with E-state index in [1.165, 1.54) is 4.68 Å². The number of nitrogens with zero attached hydrogens (tertiary/aromatic N) is 5. The van der Waals surface area contributed by atoms with Crippen LogP contribution in [-0.4, -0.2) is 58.5 Å². The van der Waals surface area contributed by atoms with Gasteiger partial charge in [-0.15, -0.1) is 0 Å². The number of halogens is 1. The predicted octanol–water partition coefficient (Wildman–Crippen LogP) is 1.71. The minimum Gasteiger partial charge on any atom is -0.366 e. The Morgan fingerprint density at radius 1 is 1.29 bits per heavy atom. The largest absolute Gasteiger partial charge is 0.366 e. The number of aryl methyl sites for hydroxylation is 1. The summed E-state index contributed by atoms with van der Waals surface area (Å²) >= 11 is 6.34. The highest BCUT2D eigenvalue weighted by Crippen LogP contribution is 2.23. The lowest BCUT2D eigenvalue weighted by atomic mass is 10.1. The first-order chi connectivity index (χ1) is 13.1. The lowest BCUT2D eigenvalue weighted by Gasteiger charge is -2.36. The lowest BCUT2D eigenvalue weighted by molar-refractivity contribution is -0.117. The maximum atomic E-state index is 12.5. The summed E-state index contributed by atoms with van der Waals surface area (Å²) in [5.41, 5.74) is -0.0982. The molecule has 1 saturated heterocycles. The third-order valence-corrected chi connectivity index (χ3v) is 4.87. The second-order valence-corrected chi connectivity index (χ2v) is 8.24. The van der Waals surface area contributed by atoms with E-state index in [2.05, 4.69) is 15.6 Å². The summed E-state index contributed by atoms with van der Waals surface area (Å²) in [6.45, 7) is 10.4. The number of amides is 1. The Morgan fingerprint density at radius 3 is 2.54 bits per heavy atom. The van der Waals surface area contributed by atoms with E-state index >= 15 is 0 Å². The van der Waals surface area contributed by atoms with Gasteiger partial charge in [-0.1, -0.05) is 16.8 Å². The van der Waals surface area contributed by atoms with E-state index in [1.54, 1.807) is 19.2 Å². The molecule has 0 unspecified atom stereocenters. The molecule has 1 N–H and O–H groups in total. The lowest BCUT2D eigenvalue weighted by Crippen LogP contribution is -2.49. The number of hydrogen-bond donors (Lipinski definition) is 1. The number of rotatable bonds is 4. The number of carbonyl (C=O) groups excluding carboxylic acids is 1. The van der Waals surface area contributed by atoms with Crippen LogP contribution in [0.5, 0.6) is 0 Å². The van der Waals surface area contributed by atoms with Crippen molar-refractivity contribution in [3.05, 3.63) is 33.4 Å². The molecule has 3 rings (SSSR count). The van der Waals surface area contributed by atoms with E-state index in [9.17, 15) is 9.59 Å². The first-order valence-electron chi connectivity index (χ1n) is 9.14. The molecule has 9 nitrogen and oxygen atoms in total. The number of nitrogens with one attached hydrogen (secondary N) is 1. The zero-order chi connectivity index (χ0) is 20.5. The monoisotopic (exact) mass is 408 g/mol. The smallest absolute Gasteiger partial charge is 0.288 e. The molecule has 2 aromatic heterocycles. The Hall–Kier alpha value is -2.39. The van der Waals surface area contributed by atoms with Crippen LogP contribution in [0.4, 0.5) is 11.5 Å². The summed E-state index contributed by atoms with van der Waals surface area (Å²) in [6, 6.07) is 1.67. The van der Waals surface area contributed by atoms with E-state index in [0.29, 0.717) is 43.4 Å². The topological polar surface area (TPSA) is 96.5 Å². The first kappa shape index (κ1) is 20.3. The summed E-state index contributed by atoms with van der Waals surface area (Å²) in [4.78, 5) is 28.7. The highest BCUT2D eigenvalue weighted by molar-refractivity contribution is 6.33. The van der Waals surface area contributed by atoms with Crippen LogP contribution in [0.1, 0.15) is 26.5 Å². The Labute approximate surface area is 168 Å². The van der Waals surface area contributed by atoms with Gasteiger partial charge in [0.15, 0.2) is 5.82 Å². The van der Waals surface area contributed by atoms with Crippen molar-refractivity contribution in [1.82, 2.24) is 19.8 Å². The molecule has 0 aromatic carbocycles. The molecule has 2 aromatic rings. The van der Waals surface area contributed by atoms with Crippen LogP contribution >= 0.6 is 11.6 Å². The highest BCUT2D eigenvalue weighted by atomic mass is 35.5. The van der Waals surface area contributed by atoms with Crippen molar-refractivity contribution in [2.24, 2.45) is 0 Å². The van der Waals surface area contributed by atoms with Gasteiger partial charge < -0.3 is 14.7 Å². The first-order valence-corrected chi connectivity index (χ1v) is 9.52. The Morgan fingerprint density at radius 2 is 1.96 bits per heavy atom. The zero-order valence-electron chi connectivity index (χ0n) is 16.5. The van der Waals surface area contributed by atoms with Crippen molar-refractivity contribution in [1.29, 1.82) is 0 Å². The Balaban J connectivity index is 1.59. The van der Waals surface area contributed by atoms with Crippen molar-refractivity contribution in [3.63, 3.8) is 0 Å². The van der Waals surface area contributed by atoms with Crippen LogP contribution in [-0.2, 0) is 10.3 Å². The van der Waals surface area contributed by atoms with Gasteiger partial charge in [0.2, 0.25) is 5.91 Å². The third-order valence-electron chi connectivity index (χ3n) is 4.51. The van der Waals surface area contributed by atoms with Crippen LogP contribution < -0.4 is 15.8 Å². The molecular weight excluding hydrogens is 384 g/mol. The average Bonchev–Trinajstić information content (AvgIpc) is 3.01. The quantitative estimate of drug-likeness (QED) is 0.822. The van der Waals surface area contributed by atoms with E-state index < -0.39 is 5.54 Å². The van der Waals surface area contributed by atoms with E-state index in [4.69, 9.17) is 16.1 Å². The Kier molecular flexibility index (Phi) is 5.76. The third kappa shape index (κ3) is 4.53. The van der Waals surface area contributed by atoms with Crippen molar-refractivity contribution in [3.8, 4) is 0 Å². The van der Waals surface area contributed by atoms with Gasteiger partial charge in [0.1, 0.15) is 10.8 Å². The van der Waals surface area contributed by atoms with Crippen molar-refractivity contribution in [2.75, 3.05) is 42.9 Å². The van der Waals surface area contributed by atoms with Gasteiger partial charge in [0, 0.05) is 32.2 Å². The maximum absolute atomic E-state index is 12.5. The predicted molar refractivity (Wildman–Crippen MR) is 107 cm³/mol. The molecular formula is C18H25ClN6O3. The molecule has 0 aliphatic carbocycles. The fourth-order valence-corrected chi connectivity index (χ4v) is 3.33. The molecule has 1 aliphatic heterocycles. The maximum Gasteiger partial charge on any atom is 0.288 e. The molecule has 28 heavy (non-hydrogen) atoms. The molecule has 10 heteroatoms. The van der Waals surface area contributed by atoms with Gasteiger partial charge in [-0.3, -0.25) is 14.5 Å². The van der Waals surface area contributed by atoms with Gasteiger partial charge >= 0.3 is 0 Å². The SMILES string of the molecule is Cc1cc(NC(=O)CN2CCN(c3cnn(C(C)(C)C)c(=O)c3Cl)CC2)no1. The van der Waals surface area contributed by atoms with Gasteiger partial charge in [-0.2, -0.15) is 5.10 Å². The summed E-state index contributed by atoms with van der Waals surface area (Å²) < 4.78 is 6.33. The molecule has 0 saturated carbocycles. The fraction of sp³-hybridized carbons (Fsp3) is 0.556. The van der Waals surface area contributed by atoms with E-state index in [-0.39, 0.29) is 23.0 Å². The minimum atomic E-state index is -0.437. The summed E-state index contributed by atoms with van der Waals surface area (Å²) in [6.07, 6.45) is 1.64. The van der Waals surface area contributed by atoms with Gasteiger partial charge in [-0.25, -0.2) is 4.68 Å². The number of carbonyl (C=O) groups is 1. The van der Waals surface area contributed by atoms with Gasteiger partial charge in [0.05, 0.1) is 24.0 Å². The second kappa shape index (κ2) is 7.92. The van der Waals surface area contributed by atoms with Gasteiger partial charge in [-0.05, 0) is 27.7 Å². The number of piperazine rings is 1. The number of hydrogen-bond acceptors (Lipinski definition) is 7. The zero-order valence-corrected chi connectivity index (χ0v) is 17.3. The summed E-state index contributed by atoms with van der Waals surface area (Å²) in [7, 11) is 0. The van der Waals surface area contributed by atoms with Crippen molar-refractivity contribution >= 4 is 29.0 Å². The Bertz CT molecular complexity index is 909. The van der Waals surface area contributed by atoms with Crippen LogP contribution in [0, 0.1) is 6.92 Å². The molecule has 1 amide bonds. The minimum absolute atomic E-state index is 0.144. The molecule has 1 fully saturated rings. The average molecular weight is 409 g/mol. The number of aromatic nitrogens is 3. The van der Waals surface area contributed by atoms with Gasteiger partial charge in [0.25, 0.3) is 5.56 Å². The van der Waals surface area contributed by atoms with Crippen LogP contribution in [0.15, 0.2) is 21.6 Å². The van der Waals surface area contributed by atoms with Crippen molar-refractivity contribution in [2.45, 2.75) is 33.2 Å². The van der Waals surface area contributed by atoms with Crippen LogP contribution in [0.3, 0.4) is 0 Å². The molecule has 152 valence electrons. The molecule has 0 spiro atoms. The second-order valence-electron chi connectivity index (χ2n) is 7.87. The van der Waals surface area contributed by atoms with Crippen LogP contribution in [0.25, 0.3) is 0 Å². The standard InChI is InChI=1S/C18H25ClN6O3/c1-12-9-14(22-28-12)21-15(26)11-23-5-7-24(8-6-23)13-10-20-25(18(2,3)4)17(27)16(13)19/h9-10H,5-8,11H2,1-4H3,(H,21,22,26). The van der Waals surface area contributed by atoms with Crippen LogP contribution in [0.2, 0.25) is 5.02 Å². The highest BCUT2D eigenvalue weighted by Gasteiger charge is 2.25. The fourth-order valence-electron chi connectivity index (χ4n) is 3.08. The van der Waals surface area contributed by atoms with E-state index in [1.807, 2.05) is 30.6 Å². The molecule has 0 bridgehead atoms. The summed E-state index contributed by atoms with van der Waals surface area (Å²) in [5.74, 6) is 0.912. The van der Waals surface area contributed by atoms with E-state index in [0.717, 1.165) is 0 Å². The molecule has 3 heterocycles. The van der Waals surface area contributed by atoms with Crippen molar-refractivity contribution < 1.29 is 9.32 Å². The molecule has 1 aliphatic rings. The normalized spacial score (nSPS) is 15.7.